The third-order valence-electron chi connectivity index (χ3n) is 3.70. The zero-order chi connectivity index (χ0) is 19.1. The second kappa shape index (κ2) is 6.57. The van der Waals surface area contributed by atoms with E-state index < -0.39 is 15.9 Å². The van der Waals surface area contributed by atoms with Crippen LogP contribution in [0.2, 0.25) is 0 Å². The number of carbonyl (C=O) groups excluding carboxylic acids is 1. The highest BCUT2D eigenvalue weighted by molar-refractivity contribution is 7.89. The van der Waals surface area contributed by atoms with Gasteiger partial charge in [-0.1, -0.05) is 17.3 Å². The van der Waals surface area contributed by atoms with Crippen LogP contribution in [0, 0.1) is 26.2 Å². The van der Waals surface area contributed by atoms with Crippen LogP contribution in [-0.4, -0.2) is 18.9 Å². The molecule has 0 bridgehead atoms. The van der Waals surface area contributed by atoms with Crippen LogP contribution < -0.4 is 9.94 Å². The molecule has 0 saturated heterocycles. The fourth-order valence-corrected chi connectivity index (χ4v) is 4.23. The molecule has 0 aliphatic heterocycles. The molecule has 0 unspecified atom stereocenters. The molecule has 0 spiro atoms. The van der Waals surface area contributed by atoms with Crippen LogP contribution in [0.15, 0.2) is 38.6 Å². The number of furan rings is 1. The summed E-state index contributed by atoms with van der Waals surface area (Å²) in [5.74, 6) is 3.16. The molecule has 0 atom stereocenters. The van der Waals surface area contributed by atoms with Crippen molar-refractivity contribution in [2.75, 3.05) is 0 Å². The smallest absolute Gasteiger partial charge is 0.283 e. The Balaban J connectivity index is 2.21. The standard InChI is InChI=1S/C17H15N3O4S2/c1-4-7-20-14-6-5-12(26(18,22)23)9-15(14)25-17(20)19-16(21)13-8-10(2)24-11(13)3/h1,5-6,8-9H,7H2,2-3H3,(H2,18,22,23). The van der Waals surface area contributed by atoms with Crippen molar-refractivity contribution >= 4 is 37.5 Å². The van der Waals surface area contributed by atoms with E-state index in [2.05, 4.69) is 10.9 Å². The zero-order valence-electron chi connectivity index (χ0n) is 14.0. The number of fused-ring (bicyclic) bond motifs is 1. The Morgan fingerprint density at radius 2 is 2.12 bits per heavy atom. The number of rotatable bonds is 3. The largest absolute Gasteiger partial charge is 0.466 e. The van der Waals surface area contributed by atoms with Crippen molar-refractivity contribution in [3.8, 4) is 12.3 Å². The van der Waals surface area contributed by atoms with Crippen molar-refractivity contribution in [1.82, 2.24) is 4.57 Å². The number of amides is 1. The fraction of sp³-hybridized carbons (Fsp3) is 0.176. The van der Waals surface area contributed by atoms with Gasteiger partial charge in [0.2, 0.25) is 10.0 Å². The number of nitrogens with zero attached hydrogens (tertiary/aromatic N) is 2. The quantitative estimate of drug-likeness (QED) is 0.691. The minimum absolute atomic E-state index is 0.0155. The molecule has 0 fully saturated rings. The van der Waals surface area contributed by atoms with E-state index in [4.69, 9.17) is 16.0 Å². The lowest BCUT2D eigenvalue weighted by molar-refractivity contribution is 0.0996. The van der Waals surface area contributed by atoms with E-state index in [-0.39, 0.29) is 11.4 Å². The van der Waals surface area contributed by atoms with Gasteiger partial charge in [0.1, 0.15) is 11.5 Å². The lowest BCUT2D eigenvalue weighted by atomic mass is 10.2. The fourth-order valence-electron chi connectivity index (χ4n) is 2.55. The van der Waals surface area contributed by atoms with Gasteiger partial charge < -0.3 is 8.98 Å². The Bertz CT molecular complexity index is 1240. The predicted molar refractivity (Wildman–Crippen MR) is 98.1 cm³/mol. The van der Waals surface area contributed by atoms with Gasteiger partial charge in [-0.25, -0.2) is 13.6 Å². The Morgan fingerprint density at radius 1 is 1.38 bits per heavy atom. The SMILES string of the molecule is C#CCn1c(=NC(=O)c2cc(C)oc2C)sc2cc(S(N)(=O)=O)ccc21. The summed E-state index contributed by atoms with van der Waals surface area (Å²) in [5.41, 5.74) is 1.05. The molecule has 9 heteroatoms. The first-order valence-corrected chi connectivity index (χ1v) is 9.82. The average molecular weight is 389 g/mol. The second-order valence-electron chi connectivity index (χ2n) is 5.59. The van der Waals surface area contributed by atoms with E-state index in [0.717, 1.165) is 11.3 Å². The van der Waals surface area contributed by atoms with Crippen molar-refractivity contribution in [2.45, 2.75) is 25.3 Å². The number of hydrogen-bond donors (Lipinski definition) is 1. The lowest BCUT2D eigenvalue weighted by Gasteiger charge is -2.01. The number of terminal acetylenes is 1. The molecule has 1 amide bonds. The Hall–Kier alpha value is -2.67. The molecule has 3 aromatic rings. The van der Waals surface area contributed by atoms with Gasteiger partial charge in [-0.2, -0.15) is 4.99 Å². The summed E-state index contributed by atoms with van der Waals surface area (Å²) in [6.07, 6.45) is 5.42. The summed E-state index contributed by atoms with van der Waals surface area (Å²) < 4.78 is 30.8. The van der Waals surface area contributed by atoms with E-state index in [0.29, 0.717) is 32.1 Å². The molecule has 134 valence electrons. The third kappa shape index (κ3) is 3.35. The van der Waals surface area contributed by atoms with Gasteiger partial charge in [-0.3, -0.25) is 4.79 Å². The maximum absolute atomic E-state index is 12.5. The normalized spacial score (nSPS) is 12.5. The number of thiazole rings is 1. The zero-order valence-corrected chi connectivity index (χ0v) is 15.6. The highest BCUT2D eigenvalue weighted by atomic mass is 32.2. The minimum atomic E-state index is -3.83. The first-order valence-electron chi connectivity index (χ1n) is 7.46. The molecular formula is C17H15N3O4S2. The molecule has 2 N–H and O–H groups in total. The number of sulfonamides is 1. The maximum Gasteiger partial charge on any atom is 0.283 e. The van der Waals surface area contributed by atoms with Crippen LogP contribution in [0.3, 0.4) is 0 Å². The first kappa shape index (κ1) is 18.1. The Labute approximate surface area is 153 Å². The maximum atomic E-state index is 12.5. The van der Waals surface area contributed by atoms with Crippen molar-refractivity contribution in [1.29, 1.82) is 0 Å². The van der Waals surface area contributed by atoms with E-state index >= 15 is 0 Å². The van der Waals surface area contributed by atoms with Crippen LogP contribution in [0.1, 0.15) is 21.9 Å². The molecule has 2 heterocycles. The summed E-state index contributed by atoms with van der Waals surface area (Å²) in [7, 11) is -3.83. The van der Waals surface area contributed by atoms with Gasteiger partial charge >= 0.3 is 0 Å². The number of nitrogens with two attached hydrogens (primary N) is 1. The van der Waals surface area contributed by atoms with E-state index in [1.54, 1.807) is 30.5 Å². The molecule has 2 aromatic heterocycles. The van der Waals surface area contributed by atoms with Crippen molar-refractivity contribution in [3.63, 3.8) is 0 Å². The Kier molecular flexibility index (Phi) is 4.58. The van der Waals surface area contributed by atoms with Gasteiger partial charge in [0.05, 0.1) is 27.2 Å². The molecule has 3 rings (SSSR count). The number of carbonyl (C=O) groups is 1. The third-order valence-corrected chi connectivity index (χ3v) is 5.65. The number of benzene rings is 1. The summed E-state index contributed by atoms with van der Waals surface area (Å²) in [5, 5.41) is 5.18. The topological polar surface area (TPSA) is 108 Å². The number of aromatic nitrogens is 1. The first-order chi connectivity index (χ1) is 12.2. The van der Waals surface area contributed by atoms with Crippen LogP contribution >= 0.6 is 11.3 Å². The van der Waals surface area contributed by atoms with Gasteiger partial charge in [0.25, 0.3) is 5.91 Å². The van der Waals surface area contributed by atoms with Crippen molar-refractivity contribution in [3.05, 3.63) is 46.2 Å². The van der Waals surface area contributed by atoms with Gasteiger partial charge in [-0.05, 0) is 38.1 Å². The summed E-state index contributed by atoms with van der Waals surface area (Å²) in [4.78, 5) is 17.0. The lowest BCUT2D eigenvalue weighted by Crippen LogP contribution is -2.16. The molecule has 1 aromatic carbocycles. The highest BCUT2D eigenvalue weighted by Crippen LogP contribution is 2.21. The monoisotopic (exact) mass is 389 g/mol. The predicted octanol–water partition coefficient (Wildman–Crippen LogP) is 1.93. The van der Waals surface area contributed by atoms with E-state index in [9.17, 15) is 13.2 Å². The second-order valence-corrected chi connectivity index (χ2v) is 8.16. The molecule has 0 radical (unpaired) electrons. The molecule has 0 saturated carbocycles. The molecule has 7 nitrogen and oxygen atoms in total. The van der Waals surface area contributed by atoms with Crippen LogP contribution in [0.5, 0.6) is 0 Å². The van der Waals surface area contributed by atoms with Gasteiger partial charge in [-0.15, -0.1) is 6.42 Å². The van der Waals surface area contributed by atoms with Crippen molar-refractivity contribution in [2.24, 2.45) is 10.1 Å². The van der Waals surface area contributed by atoms with Crippen molar-refractivity contribution < 1.29 is 17.6 Å². The molecule has 0 aliphatic rings. The van der Waals surface area contributed by atoms with Crippen LogP contribution in [-0.2, 0) is 16.6 Å². The van der Waals surface area contributed by atoms with Gasteiger partial charge in [0, 0.05) is 0 Å². The van der Waals surface area contributed by atoms with Gasteiger partial charge in [0.15, 0.2) is 4.80 Å². The number of primary sulfonamides is 1. The highest BCUT2D eigenvalue weighted by Gasteiger charge is 2.15. The molecule has 26 heavy (non-hydrogen) atoms. The van der Waals surface area contributed by atoms with E-state index in [1.807, 2.05) is 0 Å². The molecular weight excluding hydrogens is 374 g/mol. The number of hydrogen-bond acceptors (Lipinski definition) is 5. The summed E-state index contributed by atoms with van der Waals surface area (Å²) >= 11 is 1.16. The summed E-state index contributed by atoms with van der Waals surface area (Å²) in [6, 6.07) is 6.06. The summed E-state index contributed by atoms with van der Waals surface area (Å²) in [6.45, 7) is 3.62. The number of aryl methyl sites for hydroxylation is 2. The molecule has 0 aliphatic carbocycles. The van der Waals surface area contributed by atoms with Crippen LogP contribution in [0.25, 0.3) is 10.2 Å². The van der Waals surface area contributed by atoms with E-state index in [1.165, 1.54) is 12.1 Å². The van der Waals surface area contributed by atoms with Crippen LogP contribution in [0.4, 0.5) is 0 Å². The average Bonchev–Trinajstić information content (AvgIpc) is 3.06. The Morgan fingerprint density at radius 3 is 2.69 bits per heavy atom. The minimum Gasteiger partial charge on any atom is -0.466 e.